The van der Waals surface area contributed by atoms with Crippen LogP contribution in [0.15, 0.2) is 18.2 Å². The maximum absolute atomic E-state index is 11.6. The number of hydrogen-bond donors (Lipinski definition) is 4. The summed E-state index contributed by atoms with van der Waals surface area (Å²) in [5.41, 5.74) is 1.32. The Hall–Kier alpha value is -1.35. The largest absolute Gasteiger partial charge is 0.465 e. The Morgan fingerprint density at radius 3 is 2.61 bits per heavy atom. The zero-order valence-electron chi connectivity index (χ0n) is 9.61. The molecule has 1 atom stereocenters. The Labute approximate surface area is 118 Å². The average Bonchev–Trinajstić information content (AvgIpc) is 2.28. The molecule has 7 heteroatoms. The number of aliphatic hydroxyl groups excluding tert-OH is 1. The van der Waals surface area contributed by atoms with Crippen molar-refractivity contribution in [1.29, 1.82) is 0 Å². The second-order valence-corrected chi connectivity index (χ2v) is 4.79. The van der Waals surface area contributed by atoms with Crippen molar-refractivity contribution in [2.75, 3.05) is 5.32 Å². The van der Waals surface area contributed by atoms with Gasteiger partial charge in [-0.25, -0.2) is 4.79 Å². The summed E-state index contributed by atoms with van der Waals surface area (Å²) in [5.74, 6) is -0.440. The number of rotatable bonds is 4. The van der Waals surface area contributed by atoms with Gasteiger partial charge in [0.05, 0.1) is 6.61 Å². The lowest BCUT2D eigenvalue weighted by Crippen LogP contribution is -2.40. The lowest BCUT2D eigenvalue weighted by Gasteiger charge is -2.12. The van der Waals surface area contributed by atoms with Gasteiger partial charge in [0, 0.05) is 9.26 Å². The molecule has 0 saturated heterocycles. The predicted molar refractivity (Wildman–Crippen MR) is 74.3 cm³/mol. The summed E-state index contributed by atoms with van der Waals surface area (Å²) in [6, 6.07) is 4.22. The van der Waals surface area contributed by atoms with E-state index in [-0.39, 0.29) is 6.61 Å². The molecule has 1 aromatic carbocycles. The minimum Gasteiger partial charge on any atom is -0.465 e. The molecular weight excluding hydrogens is 351 g/mol. The molecule has 1 unspecified atom stereocenters. The van der Waals surface area contributed by atoms with Crippen molar-refractivity contribution in [2.45, 2.75) is 19.6 Å². The van der Waals surface area contributed by atoms with E-state index in [1.165, 1.54) is 6.92 Å². The number of halogens is 1. The van der Waals surface area contributed by atoms with Crippen molar-refractivity contribution >= 4 is 40.3 Å². The lowest BCUT2D eigenvalue weighted by atomic mass is 10.2. The topological polar surface area (TPSA) is 98.7 Å². The van der Waals surface area contributed by atoms with Gasteiger partial charge < -0.3 is 20.8 Å². The van der Waals surface area contributed by atoms with E-state index in [2.05, 4.69) is 10.6 Å². The zero-order chi connectivity index (χ0) is 13.7. The van der Waals surface area contributed by atoms with Crippen molar-refractivity contribution in [1.82, 2.24) is 5.32 Å². The molecule has 0 fully saturated rings. The van der Waals surface area contributed by atoms with Crippen LogP contribution in [0.2, 0.25) is 0 Å². The summed E-state index contributed by atoms with van der Waals surface area (Å²) in [7, 11) is 0. The minimum atomic E-state index is -1.25. The maximum Gasteiger partial charge on any atom is 0.405 e. The molecule has 98 valence electrons. The van der Waals surface area contributed by atoms with Crippen molar-refractivity contribution < 1.29 is 19.8 Å². The molecular formula is C11H13IN2O4. The average molecular weight is 364 g/mol. The minimum absolute atomic E-state index is 0.0660. The predicted octanol–water partition coefficient (Wildman–Crippen LogP) is 1.38. The van der Waals surface area contributed by atoms with Gasteiger partial charge in [-0.2, -0.15) is 0 Å². The highest BCUT2D eigenvalue weighted by Crippen LogP contribution is 2.18. The fourth-order valence-electron chi connectivity index (χ4n) is 1.25. The van der Waals surface area contributed by atoms with E-state index in [1.807, 2.05) is 22.6 Å². The first-order chi connectivity index (χ1) is 8.43. The van der Waals surface area contributed by atoms with E-state index >= 15 is 0 Å². The standard InChI is InChI=1S/C11H13IN2O4/c1-6(13-11(17)18)10(16)14-8-3-2-7(5-15)9(12)4-8/h2-4,6,13,15H,5H2,1H3,(H,14,16)(H,17,18). The third-order valence-electron chi connectivity index (χ3n) is 2.22. The molecule has 0 aliphatic rings. The Morgan fingerprint density at radius 2 is 2.11 bits per heavy atom. The highest BCUT2D eigenvalue weighted by molar-refractivity contribution is 14.1. The molecule has 0 saturated carbocycles. The quantitative estimate of drug-likeness (QED) is 0.607. The van der Waals surface area contributed by atoms with Gasteiger partial charge in [0.25, 0.3) is 0 Å². The molecule has 2 amide bonds. The van der Waals surface area contributed by atoms with Crippen LogP contribution in [0, 0.1) is 3.57 Å². The third-order valence-corrected chi connectivity index (χ3v) is 3.23. The lowest BCUT2D eigenvalue weighted by molar-refractivity contribution is -0.117. The number of hydrogen-bond acceptors (Lipinski definition) is 3. The van der Waals surface area contributed by atoms with Gasteiger partial charge in [-0.05, 0) is 47.2 Å². The van der Waals surface area contributed by atoms with Gasteiger partial charge in [0.1, 0.15) is 6.04 Å². The molecule has 0 aromatic heterocycles. The summed E-state index contributed by atoms with van der Waals surface area (Å²) in [6.45, 7) is 1.39. The van der Waals surface area contributed by atoms with Crippen LogP contribution in [-0.4, -0.2) is 28.3 Å². The van der Waals surface area contributed by atoms with E-state index in [1.54, 1.807) is 18.2 Å². The highest BCUT2D eigenvalue weighted by Gasteiger charge is 2.15. The SMILES string of the molecule is CC(NC(=O)O)C(=O)Nc1ccc(CO)c(I)c1. The second-order valence-electron chi connectivity index (χ2n) is 3.62. The number of nitrogens with one attached hydrogen (secondary N) is 2. The zero-order valence-corrected chi connectivity index (χ0v) is 11.8. The number of benzene rings is 1. The van der Waals surface area contributed by atoms with Gasteiger partial charge in [0.2, 0.25) is 5.91 Å². The molecule has 0 bridgehead atoms. The van der Waals surface area contributed by atoms with Crippen LogP contribution < -0.4 is 10.6 Å². The van der Waals surface area contributed by atoms with Crippen LogP contribution in [0.4, 0.5) is 10.5 Å². The van der Waals surface area contributed by atoms with Crippen LogP contribution in [0.25, 0.3) is 0 Å². The molecule has 0 aliphatic carbocycles. The molecule has 0 spiro atoms. The fraction of sp³-hybridized carbons (Fsp3) is 0.273. The number of carbonyl (C=O) groups is 2. The van der Waals surface area contributed by atoms with Crippen LogP contribution in [-0.2, 0) is 11.4 Å². The molecule has 1 aromatic rings. The van der Waals surface area contributed by atoms with E-state index in [0.29, 0.717) is 5.69 Å². The van der Waals surface area contributed by atoms with Crippen molar-refractivity contribution in [3.05, 3.63) is 27.3 Å². The van der Waals surface area contributed by atoms with E-state index < -0.39 is 18.0 Å². The van der Waals surface area contributed by atoms with Gasteiger partial charge in [-0.15, -0.1) is 0 Å². The van der Waals surface area contributed by atoms with Gasteiger partial charge in [-0.3, -0.25) is 4.79 Å². The summed E-state index contributed by atoms with van der Waals surface area (Å²) in [6.07, 6.45) is -1.25. The van der Waals surface area contributed by atoms with Crippen LogP contribution in [0.5, 0.6) is 0 Å². The first kappa shape index (κ1) is 14.7. The number of amides is 2. The molecule has 0 aliphatic heterocycles. The van der Waals surface area contributed by atoms with E-state index in [0.717, 1.165) is 9.13 Å². The summed E-state index contributed by atoms with van der Waals surface area (Å²) < 4.78 is 0.826. The Bertz CT molecular complexity index is 464. The van der Waals surface area contributed by atoms with Crippen molar-refractivity contribution in [3.63, 3.8) is 0 Å². The van der Waals surface area contributed by atoms with Crippen LogP contribution in [0.3, 0.4) is 0 Å². The normalized spacial score (nSPS) is 11.7. The number of anilines is 1. The van der Waals surface area contributed by atoms with Crippen molar-refractivity contribution in [3.8, 4) is 0 Å². The maximum atomic E-state index is 11.6. The first-order valence-electron chi connectivity index (χ1n) is 5.13. The van der Waals surface area contributed by atoms with Crippen molar-refractivity contribution in [2.24, 2.45) is 0 Å². The molecule has 0 radical (unpaired) electrons. The van der Waals surface area contributed by atoms with E-state index in [9.17, 15) is 9.59 Å². The molecule has 18 heavy (non-hydrogen) atoms. The number of carboxylic acid groups (broad SMARTS) is 1. The first-order valence-corrected chi connectivity index (χ1v) is 6.21. The summed E-state index contributed by atoms with van der Waals surface area (Å²) in [4.78, 5) is 22.0. The summed E-state index contributed by atoms with van der Waals surface area (Å²) >= 11 is 2.05. The summed E-state index contributed by atoms with van der Waals surface area (Å²) in [5, 5.41) is 22.2. The number of aliphatic hydroxyl groups is 1. The molecule has 1 rings (SSSR count). The second kappa shape index (κ2) is 6.55. The molecule has 0 heterocycles. The van der Waals surface area contributed by atoms with Gasteiger partial charge in [-0.1, -0.05) is 6.07 Å². The highest BCUT2D eigenvalue weighted by atomic mass is 127. The van der Waals surface area contributed by atoms with Gasteiger partial charge >= 0.3 is 6.09 Å². The Kier molecular flexibility index (Phi) is 5.35. The van der Waals surface area contributed by atoms with Gasteiger partial charge in [0.15, 0.2) is 0 Å². The Morgan fingerprint density at radius 1 is 1.44 bits per heavy atom. The van der Waals surface area contributed by atoms with Crippen LogP contribution in [0.1, 0.15) is 12.5 Å². The molecule has 4 N–H and O–H groups in total. The number of carbonyl (C=O) groups excluding carboxylic acids is 1. The Balaban J connectivity index is 2.70. The molecule has 6 nitrogen and oxygen atoms in total. The van der Waals surface area contributed by atoms with Crippen LogP contribution >= 0.6 is 22.6 Å². The monoisotopic (exact) mass is 364 g/mol. The van der Waals surface area contributed by atoms with E-state index in [4.69, 9.17) is 10.2 Å². The fourth-order valence-corrected chi connectivity index (χ4v) is 1.94. The smallest absolute Gasteiger partial charge is 0.405 e. The third kappa shape index (κ3) is 4.15.